The third-order valence-corrected chi connectivity index (χ3v) is 8.97. The van der Waals surface area contributed by atoms with E-state index in [1.807, 2.05) is 0 Å². The lowest BCUT2D eigenvalue weighted by atomic mass is 9.99. The van der Waals surface area contributed by atoms with Gasteiger partial charge in [-0.2, -0.15) is 0 Å². The van der Waals surface area contributed by atoms with Crippen LogP contribution in [0, 0.1) is 5.92 Å². The van der Waals surface area contributed by atoms with Crippen molar-refractivity contribution in [3.63, 3.8) is 0 Å². The Labute approximate surface area is 136 Å². The predicted octanol–water partition coefficient (Wildman–Crippen LogP) is 4.33. The Kier molecular flexibility index (Phi) is 5.60. The summed E-state index contributed by atoms with van der Waals surface area (Å²) in [5, 5.41) is 11.9. The van der Waals surface area contributed by atoms with Crippen molar-refractivity contribution < 1.29 is 5.11 Å². The molecule has 2 atom stereocenters. The van der Waals surface area contributed by atoms with Gasteiger partial charge in [-0.1, -0.05) is 92.8 Å². The zero-order chi connectivity index (χ0) is 16.2. The van der Waals surface area contributed by atoms with Crippen LogP contribution >= 0.6 is 0 Å². The lowest BCUT2D eigenvalue weighted by Gasteiger charge is -2.35. The molecule has 0 saturated heterocycles. The fourth-order valence-electron chi connectivity index (χ4n) is 3.12. The average Bonchev–Trinajstić information content (AvgIpc) is 2.53. The van der Waals surface area contributed by atoms with Gasteiger partial charge in [-0.25, -0.2) is 0 Å². The van der Waals surface area contributed by atoms with E-state index in [2.05, 4.69) is 87.6 Å². The molecule has 2 rings (SSSR count). The summed E-state index contributed by atoms with van der Waals surface area (Å²) in [5.74, 6) is 0.298. The third-order valence-electron chi connectivity index (χ3n) is 4.84. The van der Waals surface area contributed by atoms with Crippen LogP contribution in [0.15, 0.2) is 60.7 Å². The van der Waals surface area contributed by atoms with Gasteiger partial charge in [-0.3, -0.25) is 0 Å². The minimum Gasteiger partial charge on any atom is -0.393 e. The SMILES string of the molecule is CC(C)[C@@H](O)C[C@H](c1ccccc1)[Si](C)(C)c1ccccc1. The first-order valence-corrected chi connectivity index (χ1v) is 11.3. The molecule has 0 saturated carbocycles. The molecule has 0 spiro atoms. The van der Waals surface area contributed by atoms with Crippen LogP contribution in [0.4, 0.5) is 0 Å². The molecule has 0 fully saturated rings. The van der Waals surface area contributed by atoms with Crippen LogP contribution < -0.4 is 5.19 Å². The first-order chi connectivity index (χ1) is 10.4. The van der Waals surface area contributed by atoms with E-state index in [1.165, 1.54) is 10.8 Å². The average molecular weight is 313 g/mol. The van der Waals surface area contributed by atoms with Gasteiger partial charge in [0.15, 0.2) is 0 Å². The van der Waals surface area contributed by atoms with Gasteiger partial charge in [-0.15, -0.1) is 0 Å². The van der Waals surface area contributed by atoms with Crippen LogP contribution in [0.5, 0.6) is 0 Å². The molecule has 22 heavy (non-hydrogen) atoms. The minimum absolute atomic E-state index is 0.249. The predicted molar refractivity (Wildman–Crippen MR) is 98.2 cm³/mol. The van der Waals surface area contributed by atoms with Crippen LogP contribution in [0.3, 0.4) is 0 Å². The fraction of sp³-hybridized carbons (Fsp3) is 0.400. The zero-order valence-corrected chi connectivity index (χ0v) is 15.2. The van der Waals surface area contributed by atoms with Crippen molar-refractivity contribution in [3.05, 3.63) is 66.2 Å². The van der Waals surface area contributed by atoms with Crippen molar-refractivity contribution in [2.24, 2.45) is 5.92 Å². The highest BCUT2D eigenvalue weighted by Crippen LogP contribution is 2.32. The Morgan fingerprint density at radius 3 is 1.86 bits per heavy atom. The summed E-state index contributed by atoms with van der Waals surface area (Å²) in [6.07, 6.45) is 0.594. The maximum Gasteiger partial charge on any atom is 0.0880 e. The molecular weight excluding hydrogens is 284 g/mol. The monoisotopic (exact) mass is 312 g/mol. The van der Waals surface area contributed by atoms with Crippen LogP contribution in [-0.2, 0) is 0 Å². The van der Waals surface area contributed by atoms with Crippen LogP contribution in [0.25, 0.3) is 0 Å². The number of hydrogen-bond acceptors (Lipinski definition) is 1. The Balaban J connectivity index is 2.39. The Bertz CT molecular complexity index is 563. The standard InChI is InChI=1S/C20H28OSi/c1-16(2)19(21)15-20(17-11-7-5-8-12-17)22(3,4)18-13-9-6-10-14-18/h5-14,16,19-21H,15H2,1-4H3/t19-,20+/m0/s1. The number of hydrogen-bond donors (Lipinski definition) is 1. The zero-order valence-electron chi connectivity index (χ0n) is 14.2. The second kappa shape index (κ2) is 7.25. The van der Waals surface area contributed by atoms with Crippen molar-refractivity contribution in [3.8, 4) is 0 Å². The summed E-state index contributed by atoms with van der Waals surface area (Å²) < 4.78 is 0. The van der Waals surface area contributed by atoms with E-state index >= 15 is 0 Å². The van der Waals surface area contributed by atoms with Crippen molar-refractivity contribution in [1.82, 2.24) is 0 Å². The van der Waals surface area contributed by atoms with E-state index in [1.54, 1.807) is 0 Å². The smallest absolute Gasteiger partial charge is 0.0880 e. The van der Waals surface area contributed by atoms with Gasteiger partial charge in [0, 0.05) is 0 Å². The van der Waals surface area contributed by atoms with Crippen LogP contribution in [0.2, 0.25) is 13.1 Å². The second-order valence-electron chi connectivity index (χ2n) is 7.10. The lowest BCUT2D eigenvalue weighted by molar-refractivity contribution is 0.114. The number of rotatable bonds is 6. The summed E-state index contributed by atoms with van der Waals surface area (Å²) in [5.41, 5.74) is 1.79. The maximum atomic E-state index is 10.5. The topological polar surface area (TPSA) is 20.2 Å². The molecular formula is C20H28OSi. The Morgan fingerprint density at radius 2 is 1.36 bits per heavy atom. The number of aliphatic hydroxyl groups is 1. The highest BCUT2D eigenvalue weighted by molar-refractivity contribution is 6.90. The molecule has 2 heteroatoms. The van der Waals surface area contributed by atoms with E-state index in [4.69, 9.17) is 0 Å². The van der Waals surface area contributed by atoms with Crippen molar-refractivity contribution in [2.45, 2.75) is 45.0 Å². The second-order valence-corrected chi connectivity index (χ2v) is 11.8. The molecule has 0 aliphatic carbocycles. The Hall–Kier alpha value is -1.38. The highest BCUT2D eigenvalue weighted by atomic mass is 28.3. The molecule has 0 radical (unpaired) electrons. The van der Waals surface area contributed by atoms with Gasteiger partial charge in [0.05, 0.1) is 14.2 Å². The van der Waals surface area contributed by atoms with Gasteiger partial charge in [0.25, 0.3) is 0 Å². The molecule has 2 aromatic carbocycles. The van der Waals surface area contributed by atoms with E-state index in [0.29, 0.717) is 11.5 Å². The van der Waals surface area contributed by atoms with Crippen molar-refractivity contribution in [1.29, 1.82) is 0 Å². The van der Waals surface area contributed by atoms with E-state index < -0.39 is 8.07 Å². The molecule has 0 unspecified atom stereocenters. The summed E-state index contributed by atoms with van der Waals surface area (Å²) >= 11 is 0. The first-order valence-electron chi connectivity index (χ1n) is 8.21. The van der Waals surface area contributed by atoms with Crippen LogP contribution in [0.1, 0.15) is 31.4 Å². The maximum absolute atomic E-state index is 10.5. The van der Waals surface area contributed by atoms with Gasteiger partial charge in [0.1, 0.15) is 0 Å². The van der Waals surface area contributed by atoms with E-state index in [0.717, 1.165) is 6.42 Å². The normalized spacial score (nSPS) is 14.8. The summed E-state index contributed by atoms with van der Waals surface area (Å²) in [6, 6.07) is 21.6. The molecule has 0 aliphatic heterocycles. The summed E-state index contributed by atoms with van der Waals surface area (Å²) in [4.78, 5) is 0. The minimum atomic E-state index is -1.72. The van der Waals surface area contributed by atoms with Crippen molar-refractivity contribution >= 4 is 13.3 Å². The molecule has 0 aromatic heterocycles. The molecule has 1 nitrogen and oxygen atoms in total. The molecule has 0 aliphatic rings. The number of benzene rings is 2. The molecule has 0 bridgehead atoms. The molecule has 0 amide bonds. The highest BCUT2D eigenvalue weighted by Gasteiger charge is 2.36. The van der Waals surface area contributed by atoms with Crippen LogP contribution in [-0.4, -0.2) is 19.3 Å². The molecule has 1 N–H and O–H groups in total. The molecule has 118 valence electrons. The van der Waals surface area contributed by atoms with Gasteiger partial charge >= 0.3 is 0 Å². The van der Waals surface area contributed by atoms with E-state index in [9.17, 15) is 5.11 Å². The molecule has 0 heterocycles. The summed E-state index contributed by atoms with van der Waals surface area (Å²) in [6.45, 7) is 9.05. The summed E-state index contributed by atoms with van der Waals surface area (Å²) in [7, 11) is -1.72. The quantitative estimate of drug-likeness (QED) is 0.787. The molecule has 2 aromatic rings. The van der Waals surface area contributed by atoms with Gasteiger partial charge < -0.3 is 5.11 Å². The van der Waals surface area contributed by atoms with Crippen molar-refractivity contribution in [2.75, 3.05) is 0 Å². The van der Waals surface area contributed by atoms with E-state index in [-0.39, 0.29) is 6.10 Å². The largest absolute Gasteiger partial charge is 0.393 e. The third kappa shape index (κ3) is 3.87. The fourth-order valence-corrected chi connectivity index (χ4v) is 6.43. The lowest BCUT2D eigenvalue weighted by Crippen LogP contribution is -2.49. The number of aliphatic hydroxyl groups excluding tert-OH is 1. The van der Waals surface area contributed by atoms with Gasteiger partial charge in [-0.05, 0) is 23.4 Å². The Morgan fingerprint density at radius 1 is 0.864 bits per heavy atom. The first kappa shape index (κ1) is 17.0. The van der Waals surface area contributed by atoms with Gasteiger partial charge in [0.2, 0.25) is 0 Å².